The van der Waals surface area contributed by atoms with E-state index in [-0.39, 0.29) is 16.5 Å². The number of benzene rings is 1. The van der Waals surface area contributed by atoms with Crippen molar-refractivity contribution in [2.45, 2.75) is 20.8 Å². The topological polar surface area (TPSA) is 38.1 Å². The molecule has 0 amide bonds. The first kappa shape index (κ1) is 14.5. The van der Waals surface area contributed by atoms with E-state index in [9.17, 15) is 0 Å². The maximum atomic E-state index is 4.62. The van der Waals surface area contributed by atoms with Crippen molar-refractivity contribution >= 4 is 11.4 Å². The van der Waals surface area contributed by atoms with Gasteiger partial charge in [0.2, 0.25) is 0 Å². The summed E-state index contributed by atoms with van der Waals surface area (Å²) in [5.41, 5.74) is 4.18. The largest absolute Gasteiger partial charge is 2.00 e. The van der Waals surface area contributed by atoms with Crippen LogP contribution in [-0.4, -0.2) is 15.7 Å². The maximum Gasteiger partial charge on any atom is 2.00 e. The summed E-state index contributed by atoms with van der Waals surface area (Å²) in [7, 11) is 0. The Labute approximate surface area is 117 Å². The van der Waals surface area contributed by atoms with Gasteiger partial charge in [-0.3, -0.25) is 0 Å². The number of hydrogen-bond donors (Lipinski definition) is 0. The Kier molecular flexibility index (Phi) is 5.17. The molecule has 18 heavy (non-hydrogen) atoms. The number of aryl methyl sites for hydroxylation is 2. The van der Waals surface area contributed by atoms with Crippen LogP contribution in [0.3, 0.4) is 0 Å². The van der Waals surface area contributed by atoms with Gasteiger partial charge in [0, 0.05) is 12.4 Å². The number of para-hydroxylation sites is 1. The fourth-order valence-electron chi connectivity index (χ4n) is 1.69. The predicted octanol–water partition coefficient (Wildman–Crippen LogP) is 3.23. The fraction of sp³-hybridized carbons (Fsp3) is 0.214. The molecule has 2 aromatic rings. The number of nitrogens with zero attached hydrogens (tertiary/aromatic N) is 3. The van der Waals surface area contributed by atoms with E-state index in [0.29, 0.717) is 5.82 Å². The Hall–Kier alpha value is -1.54. The summed E-state index contributed by atoms with van der Waals surface area (Å²) in [5.74, 6) is 0.676. The molecule has 0 bridgehead atoms. The summed E-state index contributed by atoms with van der Waals surface area (Å²) in [4.78, 5) is 13.0. The summed E-state index contributed by atoms with van der Waals surface area (Å²) in [6.07, 6.45) is 3.46. The van der Waals surface area contributed by atoms with Crippen LogP contribution in [0.5, 0.6) is 0 Å². The number of aliphatic imine (C=N–C) groups is 1. The molecule has 0 N–H and O–H groups in total. The Bertz CT molecular complexity index is 530. The van der Waals surface area contributed by atoms with Crippen LogP contribution in [0.15, 0.2) is 41.7 Å². The average Bonchev–Trinajstić information content (AvgIpc) is 2.35. The summed E-state index contributed by atoms with van der Waals surface area (Å²) in [6.45, 7) is 6.05. The van der Waals surface area contributed by atoms with E-state index in [1.54, 1.807) is 18.5 Å². The minimum absolute atomic E-state index is 0. The zero-order valence-electron chi connectivity index (χ0n) is 10.6. The molecule has 0 aliphatic carbocycles. The summed E-state index contributed by atoms with van der Waals surface area (Å²) < 4.78 is 0. The molecule has 3 nitrogen and oxygen atoms in total. The van der Waals surface area contributed by atoms with Crippen molar-refractivity contribution in [2.24, 2.45) is 4.99 Å². The standard InChI is InChI=1S/C14H15N3.Ni/c1-10-6-4-7-11(2)13(10)17-12(3)14-15-8-5-9-16-14;/h4-9H,1-3H3;/q;+2. The second kappa shape index (κ2) is 6.41. The van der Waals surface area contributed by atoms with Gasteiger partial charge in [-0.05, 0) is 38.0 Å². The smallest absolute Gasteiger partial charge is 0.249 e. The molecule has 0 spiro atoms. The van der Waals surface area contributed by atoms with E-state index >= 15 is 0 Å². The Morgan fingerprint density at radius 1 is 1.00 bits per heavy atom. The minimum Gasteiger partial charge on any atom is -0.249 e. The molecular weight excluding hydrogens is 269 g/mol. The van der Waals surface area contributed by atoms with Gasteiger partial charge in [-0.25, -0.2) is 15.0 Å². The van der Waals surface area contributed by atoms with E-state index in [1.807, 2.05) is 13.0 Å². The van der Waals surface area contributed by atoms with E-state index in [0.717, 1.165) is 11.4 Å². The molecule has 0 aliphatic rings. The van der Waals surface area contributed by atoms with Gasteiger partial charge in [0.05, 0.1) is 11.4 Å². The molecule has 0 aliphatic heterocycles. The van der Waals surface area contributed by atoms with Gasteiger partial charge in [0.25, 0.3) is 0 Å². The van der Waals surface area contributed by atoms with Crippen LogP contribution in [0.4, 0.5) is 5.69 Å². The van der Waals surface area contributed by atoms with E-state index < -0.39 is 0 Å². The molecule has 0 unspecified atom stereocenters. The normalized spacial score (nSPS) is 10.9. The first-order valence-corrected chi connectivity index (χ1v) is 5.57. The van der Waals surface area contributed by atoms with Crippen LogP contribution in [0, 0.1) is 13.8 Å². The molecule has 0 atom stereocenters. The zero-order valence-corrected chi connectivity index (χ0v) is 11.6. The van der Waals surface area contributed by atoms with Gasteiger partial charge in [-0.15, -0.1) is 0 Å². The van der Waals surface area contributed by atoms with Crippen LogP contribution >= 0.6 is 0 Å². The third-order valence-electron chi connectivity index (χ3n) is 2.61. The van der Waals surface area contributed by atoms with Crippen LogP contribution in [0.25, 0.3) is 0 Å². The number of hydrogen-bond acceptors (Lipinski definition) is 3. The molecular formula is C14H15N3Ni+2. The van der Waals surface area contributed by atoms with E-state index in [1.165, 1.54) is 11.1 Å². The number of rotatable bonds is 2. The van der Waals surface area contributed by atoms with Crippen LogP contribution in [0.1, 0.15) is 23.9 Å². The molecule has 0 saturated heterocycles. The average molecular weight is 284 g/mol. The monoisotopic (exact) mass is 283 g/mol. The molecule has 94 valence electrons. The van der Waals surface area contributed by atoms with Gasteiger partial charge in [0.1, 0.15) is 0 Å². The quantitative estimate of drug-likeness (QED) is 0.627. The first-order chi connectivity index (χ1) is 8.18. The van der Waals surface area contributed by atoms with Crippen molar-refractivity contribution in [3.8, 4) is 0 Å². The van der Waals surface area contributed by atoms with Crippen LogP contribution in [0.2, 0.25) is 0 Å². The second-order valence-electron chi connectivity index (χ2n) is 4.01. The van der Waals surface area contributed by atoms with Crippen molar-refractivity contribution in [3.05, 3.63) is 53.6 Å². The number of aromatic nitrogens is 2. The van der Waals surface area contributed by atoms with Crippen molar-refractivity contribution < 1.29 is 16.5 Å². The maximum absolute atomic E-state index is 4.62. The Morgan fingerprint density at radius 3 is 2.11 bits per heavy atom. The van der Waals surface area contributed by atoms with E-state index in [2.05, 4.69) is 40.9 Å². The molecule has 2 rings (SSSR count). The van der Waals surface area contributed by atoms with Gasteiger partial charge in [-0.1, -0.05) is 18.2 Å². The molecule has 4 heteroatoms. The Balaban J connectivity index is 0.00000162. The molecule has 0 fully saturated rings. The third kappa shape index (κ3) is 3.24. The zero-order chi connectivity index (χ0) is 12.3. The fourth-order valence-corrected chi connectivity index (χ4v) is 1.69. The van der Waals surface area contributed by atoms with Crippen molar-refractivity contribution in [1.29, 1.82) is 0 Å². The van der Waals surface area contributed by atoms with Gasteiger partial charge in [0.15, 0.2) is 5.82 Å². The van der Waals surface area contributed by atoms with Crippen LogP contribution < -0.4 is 0 Å². The minimum atomic E-state index is 0. The summed E-state index contributed by atoms with van der Waals surface area (Å²) >= 11 is 0. The van der Waals surface area contributed by atoms with Crippen molar-refractivity contribution in [2.75, 3.05) is 0 Å². The van der Waals surface area contributed by atoms with E-state index in [4.69, 9.17) is 0 Å². The Morgan fingerprint density at radius 2 is 1.56 bits per heavy atom. The van der Waals surface area contributed by atoms with Gasteiger partial charge < -0.3 is 0 Å². The van der Waals surface area contributed by atoms with Gasteiger partial charge in [-0.2, -0.15) is 0 Å². The third-order valence-corrected chi connectivity index (χ3v) is 2.61. The van der Waals surface area contributed by atoms with Crippen molar-refractivity contribution in [3.63, 3.8) is 0 Å². The molecule has 0 radical (unpaired) electrons. The van der Waals surface area contributed by atoms with Gasteiger partial charge >= 0.3 is 16.5 Å². The summed E-state index contributed by atoms with van der Waals surface area (Å²) in [5, 5.41) is 0. The molecule has 1 aromatic carbocycles. The van der Waals surface area contributed by atoms with Crippen molar-refractivity contribution in [1.82, 2.24) is 9.97 Å². The SMILES string of the molecule is CC(=Nc1c(C)cccc1C)c1ncccn1.[Ni+2]. The molecule has 1 aromatic heterocycles. The predicted molar refractivity (Wildman–Crippen MR) is 69.8 cm³/mol. The molecule has 0 saturated carbocycles. The second-order valence-corrected chi connectivity index (χ2v) is 4.01. The van der Waals surface area contributed by atoms with Crippen LogP contribution in [-0.2, 0) is 16.5 Å². The molecule has 1 heterocycles. The first-order valence-electron chi connectivity index (χ1n) is 5.57. The summed E-state index contributed by atoms with van der Waals surface area (Å²) in [6, 6.07) is 7.96.